The Morgan fingerprint density at radius 3 is 2.19 bits per heavy atom. The second kappa shape index (κ2) is 9.41. The number of carbonyl (C=O) groups excluding carboxylic acids is 1. The fraction of sp³-hybridized carbons (Fsp3) is 0.0769. The predicted octanol–water partition coefficient (Wildman–Crippen LogP) is 5.81. The van der Waals surface area contributed by atoms with Gasteiger partial charge in [-0.05, 0) is 47.8 Å². The van der Waals surface area contributed by atoms with Gasteiger partial charge in [-0.1, -0.05) is 84.9 Å². The van der Waals surface area contributed by atoms with Gasteiger partial charge >= 0.3 is 0 Å². The highest BCUT2D eigenvalue weighted by molar-refractivity contribution is 7.80. The minimum Gasteiger partial charge on any atom is -0.347 e. The highest BCUT2D eigenvalue weighted by Gasteiger charge is 2.22. The van der Waals surface area contributed by atoms with Gasteiger partial charge in [-0.15, -0.1) is 0 Å². The first-order chi connectivity index (χ1) is 15.1. The average molecular weight is 426 g/mol. The minimum atomic E-state index is -0.643. The first-order valence-electron chi connectivity index (χ1n) is 10.1. The summed E-state index contributed by atoms with van der Waals surface area (Å²) >= 11 is 5.58. The molecule has 1 unspecified atom stereocenters. The maximum atomic E-state index is 13.2. The van der Waals surface area contributed by atoms with Crippen molar-refractivity contribution in [1.82, 2.24) is 5.32 Å². The molecule has 0 spiro atoms. The van der Waals surface area contributed by atoms with Gasteiger partial charge in [0.15, 0.2) is 5.11 Å². The van der Waals surface area contributed by atoms with Crippen LogP contribution in [0.2, 0.25) is 0 Å². The zero-order chi connectivity index (χ0) is 21.6. The highest BCUT2D eigenvalue weighted by atomic mass is 32.1. The molecule has 4 aromatic carbocycles. The molecule has 4 nitrogen and oxygen atoms in total. The van der Waals surface area contributed by atoms with Crippen molar-refractivity contribution in [3.63, 3.8) is 0 Å². The van der Waals surface area contributed by atoms with Crippen LogP contribution in [0.5, 0.6) is 0 Å². The summed E-state index contributed by atoms with van der Waals surface area (Å²) in [6.45, 7) is 1.97. The van der Waals surface area contributed by atoms with E-state index in [0.717, 1.165) is 33.3 Å². The van der Waals surface area contributed by atoms with Crippen LogP contribution in [0.15, 0.2) is 97.1 Å². The van der Waals surface area contributed by atoms with Crippen molar-refractivity contribution in [2.45, 2.75) is 13.0 Å². The van der Waals surface area contributed by atoms with Gasteiger partial charge in [0.05, 0.1) is 0 Å². The van der Waals surface area contributed by atoms with E-state index in [9.17, 15) is 4.79 Å². The number of fused-ring (bicyclic) bond motifs is 1. The summed E-state index contributed by atoms with van der Waals surface area (Å²) < 4.78 is 0. The van der Waals surface area contributed by atoms with Crippen LogP contribution in [0.1, 0.15) is 17.2 Å². The Balaban J connectivity index is 1.56. The summed E-state index contributed by atoms with van der Waals surface area (Å²) in [5.74, 6) is -0.178. The molecule has 0 saturated carbocycles. The molecule has 1 amide bonds. The van der Waals surface area contributed by atoms with E-state index >= 15 is 0 Å². The van der Waals surface area contributed by atoms with Gasteiger partial charge in [0.25, 0.3) is 5.91 Å². The molecule has 0 aromatic heterocycles. The molecule has 0 aliphatic carbocycles. The zero-order valence-electron chi connectivity index (χ0n) is 17.1. The number of benzene rings is 4. The lowest BCUT2D eigenvalue weighted by Crippen LogP contribution is -2.39. The van der Waals surface area contributed by atoms with Crippen molar-refractivity contribution in [2.24, 2.45) is 0 Å². The molecule has 0 saturated heterocycles. The molecule has 0 aliphatic heterocycles. The van der Waals surface area contributed by atoms with Crippen molar-refractivity contribution < 1.29 is 4.79 Å². The molecule has 154 valence electrons. The van der Waals surface area contributed by atoms with Crippen molar-refractivity contribution in [3.8, 4) is 0 Å². The molecule has 4 aromatic rings. The summed E-state index contributed by atoms with van der Waals surface area (Å²) in [5, 5.41) is 12.0. The molecule has 0 bridgehead atoms. The van der Waals surface area contributed by atoms with Crippen molar-refractivity contribution in [2.75, 3.05) is 10.6 Å². The van der Waals surface area contributed by atoms with Crippen LogP contribution in [-0.2, 0) is 4.79 Å². The smallest absolute Gasteiger partial charge is 0.251 e. The number of hydrogen-bond acceptors (Lipinski definition) is 2. The maximum absolute atomic E-state index is 13.2. The summed E-state index contributed by atoms with van der Waals surface area (Å²) in [4.78, 5) is 13.2. The molecule has 3 N–H and O–H groups in total. The monoisotopic (exact) mass is 425 g/mol. The number of amides is 1. The number of nitrogens with one attached hydrogen (secondary N) is 3. The average Bonchev–Trinajstić information content (AvgIpc) is 2.80. The van der Waals surface area contributed by atoms with E-state index in [4.69, 9.17) is 12.2 Å². The number of rotatable bonds is 5. The standard InChI is InChI=1S/C26H23N3OS/c1-18-10-5-8-16-22(18)27-25(30)24(20-12-3-2-4-13-20)29-26(31)28-23-17-9-14-19-11-6-7-15-21(19)23/h2-17,24H,1H3,(H,27,30)(H2,28,29,31). The Labute approximate surface area is 187 Å². The van der Waals surface area contributed by atoms with Gasteiger partial charge in [-0.25, -0.2) is 0 Å². The van der Waals surface area contributed by atoms with Gasteiger partial charge in [0, 0.05) is 16.8 Å². The molecule has 4 rings (SSSR count). The third kappa shape index (κ3) is 4.90. The molecule has 0 heterocycles. The fourth-order valence-corrected chi connectivity index (χ4v) is 3.72. The molecule has 0 fully saturated rings. The van der Waals surface area contributed by atoms with Crippen molar-refractivity contribution in [1.29, 1.82) is 0 Å². The van der Waals surface area contributed by atoms with Gasteiger partial charge < -0.3 is 16.0 Å². The Kier molecular flexibility index (Phi) is 6.24. The quantitative estimate of drug-likeness (QED) is 0.353. The van der Waals surface area contributed by atoms with E-state index in [1.54, 1.807) is 0 Å². The maximum Gasteiger partial charge on any atom is 0.251 e. The Bertz CT molecular complexity index is 1220. The number of para-hydroxylation sites is 1. The SMILES string of the molecule is Cc1ccccc1NC(=O)C(NC(=S)Nc1cccc2ccccc12)c1ccccc1. The third-order valence-electron chi connectivity index (χ3n) is 5.11. The van der Waals surface area contributed by atoms with Gasteiger partial charge in [0.2, 0.25) is 0 Å². The van der Waals surface area contributed by atoms with E-state index in [1.165, 1.54) is 0 Å². The first kappa shape index (κ1) is 20.6. The predicted molar refractivity (Wildman–Crippen MR) is 132 cm³/mol. The van der Waals surface area contributed by atoms with E-state index in [0.29, 0.717) is 5.11 Å². The summed E-state index contributed by atoms with van der Waals surface area (Å²) in [6.07, 6.45) is 0. The lowest BCUT2D eigenvalue weighted by atomic mass is 10.1. The zero-order valence-corrected chi connectivity index (χ0v) is 17.9. The minimum absolute atomic E-state index is 0.178. The highest BCUT2D eigenvalue weighted by Crippen LogP contribution is 2.24. The van der Waals surface area contributed by atoms with Crippen LogP contribution in [0.3, 0.4) is 0 Å². The Hall–Kier alpha value is -3.70. The van der Waals surface area contributed by atoms with E-state index in [1.807, 2.05) is 91.9 Å². The second-order valence-electron chi connectivity index (χ2n) is 7.27. The van der Waals surface area contributed by atoms with E-state index in [2.05, 4.69) is 28.1 Å². The number of anilines is 2. The number of aryl methyl sites for hydroxylation is 1. The molecular weight excluding hydrogens is 402 g/mol. The van der Waals surface area contributed by atoms with Crippen LogP contribution in [0.25, 0.3) is 10.8 Å². The van der Waals surface area contributed by atoms with Crippen LogP contribution in [-0.4, -0.2) is 11.0 Å². The summed E-state index contributed by atoms with van der Waals surface area (Å²) in [6, 6.07) is 30.7. The lowest BCUT2D eigenvalue weighted by molar-refractivity contribution is -0.117. The molecule has 1 atom stereocenters. The molecule has 0 aliphatic rings. The first-order valence-corrected chi connectivity index (χ1v) is 10.5. The summed E-state index contributed by atoms with van der Waals surface area (Å²) in [7, 11) is 0. The number of thiocarbonyl (C=S) groups is 1. The molecule has 0 radical (unpaired) electrons. The van der Waals surface area contributed by atoms with Crippen molar-refractivity contribution >= 4 is 45.4 Å². The van der Waals surface area contributed by atoms with Crippen LogP contribution in [0, 0.1) is 6.92 Å². The Morgan fingerprint density at radius 1 is 0.742 bits per heavy atom. The van der Waals surface area contributed by atoms with Crippen LogP contribution >= 0.6 is 12.2 Å². The van der Waals surface area contributed by atoms with E-state index < -0.39 is 6.04 Å². The van der Waals surface area contributed by atoms with Gasteiger partial charge in [0.1, 0.15) is 6.04 Å². The van der Waals surface area contributed by atoms with Crippen LogP contribution < -0.4 is 16.0 Å². The molecule has 5 heteroatoms. The largest absolute Gasteiger partial charge is 0.347 e. The Morgan fingerprint density at radius 2 is 1.39 bits per heavy atom. The molecule has 31 heavy (non-hydrogen) atoms. The van der Waals surface area contributed by atoms with Crippen LogP contribution in [0.4, 0.5) is 11.4 Å². The van der Waals surface area contributed by atoms with Gasteiger partial charge in [-0.2, -0.15) is 0 Å². The normalized spacial score (nSPS) is 11.5. The second-order valence-corrected chi connectivity index (χ2v) is 7.68. The lowest BCUT2D eigenvalue weighted by Gasteiger charge is -2.22. The number of carbonyl (C=O) groups is 1. The van der Waals surface area contributed by atoms with Gasteiger partial charge in [-0.3, -0.25) is 4.79 Å². The topological polar surface area (TPSA) is 53.2 Å². The summed E-state index contributed by atoms with van der Waals surface area (Å²) in [5.41, 5.74) is 3.50. The number of hydrogen-bond donors (Lipinski definition) is 3. The molecular formula is C26H23N3OS. The van der Waals surface area contributed by atoms with Crippen molar-refractivity contribution in [3.05, 3.63) is 108 Å². The van der Waals surface area contributed by atoms with E-state index in [-0.39, 0.29) is 5.91 Å². The fourth-order valence-electron chi connectivity index (χ4n) is 3.49. The third-order valence-corrected chi connectivity index (χ3v) is 5.33.